The Hall–Kier alpha value is -2.35. The van der Waals surface area contributed by atoms with E-state index in [0.717, 1.165) is 36.2 Å². The first kappa shape index (κ1) is 22.9. The Morgan fingerprint density at radius 3 is 1.59 bits per heavy atom. The summed E-state index contributed by atoms with van der Waals surface area (Å²) in [5.41, 5.74) is 2.92. The van der Waals surface area contributed by atoms with E-state index < -0.39 is 0 Å². The van der Waals surface area contributed by atoms with Crippen molar-refractivity contribution in [1.29, 1.82) is 0 Å². The van der Waals surface area contributed by atoms with Gasteiger partial charge in [0, 0.05) is 5.56 Å². The molecule has 0 bridgehead atoms. The summed E-state index contributed by atoms with van der Waals surface area (Å²) < 4.78 is 5.86. The molecule has 2 rings (SSSR count). The van der Waals surface area contributed by atoms with Crippen molar-refractivity contribution in [2.24, 2.45) is 0 Å². The SMILES string of the molecule is CCCCCCCCCCCCOc1ccc(C=Cc2ccc(C=O)cc2)cc1. The van der Waals surface area contributed by atoms with E-state index in [-0.39, 0.29) is 0 Å². The van der Waals surface area contributed by atoms with Gasteiger partial charge in [0.05, 0.1) is 6.61 Å². The minimum absolute atomic E-state index is 0.700. The van der Waals surface area contributed by atoms with Crippen LogP contribution in [0.15, 0.2) is 48.5 Å². The Labute approximate surface area is 177 Å². The zero-order chi connectivity index (χ0) is 20.6. The molecule has 0 saturated carbocycles. The molecule has 0 saturated heterocycles. The fourth-order valence-electron chi connectivity index (χ4n) is 3.33. The maximum absolute atomic E-state index is 10.7. The molecular weight excluding hydrogens is 356 g/mol. The van der Waals surface area contributed by atoms with Gasteiger partial charge in [-0.3, -0.25) is 4.79 Å². The molecule has 0 aliphatic rings. The average Bonchev–Trinajstić information content (AvgIpc) is 2.77. The molecule has 2 aromatic rings. The number of benzene rings is 2. The lowest BCUT2D eigenvalue weighted by Crippen LogP contribution is -1.97. The van der Waals surface area contributed by atoms with Gasteiger partial charge in [-0.2, -0.15) is 0 Å². The van der Waals surface area contributed by atoms with Gasteiger partial charge >= 0.3 is 0 Å². The molecule has 2 heteroatoms. The van der Waals surface area contributed by atoms with Crippen LogP contribution in [0.4, 0.5) is 0 Å². The van der Waals surface area contributed by atoms with Gasteiger partial charge in [-0.05, 0) is 29.7 Å². The summed E-state index contributed by atoms with van der Waals surface area (Å²) in [5.74, 6) is 0.938. The van der Waals surface area contributed by atoms with E-state index >= 15 is 0 Å². The maximum Gasteiger partial charge on any atom is 0.150 e. The standard InChI is InChI=1S/C27H36O2/c1-2-3-4-5-6-7-8-9-10-11-22-29-27-20-18-25(19-21-27)13-12-24-14-16-26(23-28)17-15-24/h12-21,23H,2-11,22H2,1H3. The Morgan fingerprint density at radius 1 is 0.621 bits per heavy atom. The van der Waals surface area contributed by atoms with Crippen LogP contribution in [0.25, 0.3) is 12.2 Å². The van der Waals surface area contributed by atoms with Crippen molar-refractivity contribution in [3.05, 3.63) is 65.2 Å². The van der Waals surface area contributed by atoms with Crippen LogP contribution in [0, 0.1) is 0 Å². The van der Waals surface area contributed by atoms with E-state index in [0.29, 0.717) is 5.56 Å². The molecule has 2 aromatic carbocycles. The molecule has 0 heterocycles. The third kappa shape index (κ3) is 10.1. The quantitative estimate of drug-likeness (QED) is 0.174. The van der Waals surface area contributed by atoms with Crippen LogP contribution in [0.2, 0.25) is 0 Å². The number of unbranched alkanes of at least 4 members (excludes halogenated alkanes) is 9. The van der Waals surface area contributed by atoms with Gasteiger partial charge in [0.1, 0.15) is 12.0 Å². The summed E-state index contributed by atoms with van der Waals surface area (Å²) >= 11 is 0. The zero-order valence-corrected chi connectivity index (χ0v) is 17.9. The van der Waals surface area contributed by atoms with Crippen LogP contribution >= 0.6 is 0 Å². The number of hydrogen-bond acceptors (Lipinski definition) is 2. The monoisotopic (exact) mass is 392 g/mol. The van der Waals surface area contributed by atoms with Gasteiger partial charge in [0.15, 0.2) is 0 Å². The lowest BCUT2D eigenvalue weighted by Gasteiger charge is -2.06. The maximum atomic E-state index is 10.7. The van der Waals surface area contributed by atoms with Gasteiger partial charge in [0.25, 0.3) is 0 Å². The molecule has 0 aromatic heterocycles. The van der Waals surface area contributed by atoms with Gasteiger partial charge in [-0.15, -0.1) is 0 Å². The van der Waals surface area contributed by atoms with Crippen LogP contribution < -0.4 is 4.74 Å². The number of carbonyl (C=O) groups excluding carboxylic acids is 1. The Balaban J connectivity index is 1.57. The number of carbonyl (C=O) groups is 1. The van der Waals surface area contributed by atoms with Crippen molar-refractivity contribution in [2.75, 3.05) is 6.61 Å². The van der Waals surface area contributed by atoms with Crippen LogP contribution in [-0.4, -0.2) is 12.9 Å². The second-order valence-corrected chi connectivity index (χ2v) is 7.72. The van der Waals surface area contributed by atoms with Crippen LogP contribution in [-0.2, 0) is 0 Å². The first-order valence-corrected chi connectivity index (χ1v) is 11.3. The molecule has 2 nitrogen and oxygen atoms in total. The molecule has 0 aliphatic carbocycles. The average molecular weight is 393 g/mol. The number of ether oxygens (including phenoxy) is 1. The molecule has 0 spiro atoms. The largest absolute Gasteiger partial charge is 0.494 e. The predicted octanol–water partition coefficient (Wildman–Crippen LogP) is 7.97. The van der Waals surface area contributed by atoms with Crippen LogP contribution in [0.3, 0.4) is 0 Å². The summed E-state index contributed by atoms with van der Waals surface area (Å²) in [6, 6.07) is 15.8. The fraction of sp³-hybridized carbons (Fsp3) is 0.444. The van der Waals surface area contributed by atoms with Crippen molar-refractivity contribution in [3.63, 3.8) is 0 Å². The number of hydrogen-bond donors (Lipinski definition) is 0. The van der Waals surface area contributed by atoms with E-state index in [1.54, 1.807) is 0 Å². The Bertz CT molecular complexity index is 698. The van der Waals surface area contributed by atoms with Crippen molar-refractivity contribution in [3.8, 4) is 5.75 Å². The van der Waals surface area contributed by atoms with Crippen LogP contribution in [0.1, 0.15) is 92.6 Å². The minimum Gasteiger partial charge on any atom is -0.494 e. The summed E-state index contributed by atoms with van der Waals surface area (Å²) in [5, 5.41) is 0. The highest BCUT2D eigenvalue weighted by Gasteiger charge is 1.96. The Morgan fingerprint density at radius 2 is 1.07 bits per heavy atom. The lowest BCUT2D eigenvalue weighted by atomic mass is 10.1. The van der Waals surface area contributed by atoms with E-state index in [1.807, 2.05) is 42.5 Å². The van der Waals surface area contributed by atoms with E-state index in [4.69, 9.17) is 4.74 Å². The topological polar surface area (TPSA) is 26.3 Å². The molecule has 0 radical (unpaired) electrons. The van der Waals surface area contributed by atoms with Crippen molar-refractivity contribution < 1.29 is 9.53 Å². The molecular formula is C27H36O2. The van der Waals surface area contributed by atoms with E-state index in [2.05, 4.69) is 25.1 Å². The molecule has 0 fully saturated rings. The first-order valence-electron chi connectivity index (χ1n) is 11.3. The highest BCUT2D eigenvalue weighted by Crippen LogP contribution is 2.16. The molecule has 29 heavy (non-hydrogen) atoms. The zero-order valence-electron chi connectivity index (χ0n) is 17.9. The molecule has 0 unspecified atom stereocenters. The summed E-state index contributed by atoms with van der Waals surface area (Å²) in [4.78, 5) is 10.7. The molecule has 0 aliphatic heterocycles. The first-order chi connectivity index (χ1) is 14.3. The Kier molecular flexibility index (Phi) is 11.6. The highest BCUT2D eigenvalue weighted by molar-refractivity contribution is 5.76. The van der Waals surface area contributed by atoms with Gasteiger partial charge in [-0.25, -0.2) is 0 Å². The van der Waals surface area contributed by atoms with Gasteiger partial charge in [0.2, 0.25) is 0 Å². The minimum atomic E-state index is 0.700. The van der Waals surface area contributed by atoms with Crippen LogP contribution in [0.5, 0.6) is 5.75 Å². The number of rotatable bonds is 15. The second kappa shape index (κ2) is 14.6. The summed E-state index contributed by atoms with van der Waals surface area (Å²) in [6.07, 6.45) is 18.4. The normalized spacial score (nSPS) is 11.1. The van der Waals surface area contributed by atoms with Gasteiger partial charge < -0.3 is 4.74 Å². The van der Waals surface area contributed by atoms with Crippen molar-refractivity contribution in [1.82, 2.24) is 0 Å². The van der Waals surface area contributed by atoms with E-state index in [9.17, 15) is 4.79 Å². The molecule has 0 atom stereocenters. The third-order valence-corrected chi connectivity index (χ3v) is 5.19. The third-order valence-electron chi connectivity index (χ3n) is 5.19. The highest BCUT2D eigenvalue weighted by atomic mass is 16.5. The van der Waals surface area contributed by atoms with Crippen molar-refractivity contribution in [2.45, 2.75) is 71.1 Å². The number of aldehydes is 1. The molecule has 0 N–H and O–H groups in total. The smallest absolute Gasteiger partial charge is 0.150 e. The summed E-state index contributed by atoms with van der Waals surface area (Å²) in [6.45, 7) is 3.07. The molecule has 0 amide bonds. The van der Waals surface area contributed by atoms with E-state index in [1.165, 1.54) is 57.8 Å². The fourth-order valence-corrected chi connectivity index (χ4v) is 3.33. The lowest BCUT2D eigenvalue weighted by molar-refractivity contribution is 0.112. The predicted molar refractivity (Wildman–Crippen MR) is 125 cm³/mol. The second-order valence-electron chi connectivity index (χ2n) is 7.72. The van der Waals surface area contributed by atoms with Crippen molar-refractivity contribution >= 4 is 18.4 Å². The van der Waals surface area contributed by atoms with Gasteiger partial charge in [-0.1, -0.05) is 113 Å². The molecule has 156 valence electrons. The summed E-state index contributed by atoms with van der Waals surface area (Å²) in [7, 11) is 0.